The van der Waals surface area contributed by atoms with Crippen molar-refractivity contribution < 1.29 is 4.52 Å². The smallest absolute Gasteiger partial charge is 0.257 e. The van der Waals surface area contributed by atoms with Crippen LogP contribution in [0.4, 0.5) is 0 Å². The highest BCUT2D eigenvalue weighted by Gasteiger charge is 2.32. The largest absolute Gasteiger partial charge is 0.334 e. The van der Waals surface area contributed by atoms with Crippen LogP contribution in [0.3, 0.4) is 0 Å². The fourth-order valence-corrected chi connectivity index (χ4v) is 1.73. The molecule has 1 heterocycles. The molecular formula is C12H13N3O. The number of hydrogen-bond donors (Lipinski definition) is 1. The van der Waals surface area contributed by atoms with Crippen molar-refractivity contribution >= 4 is 0 Å². The predicted octanol–water partition coefficient (Wildman–Crippen LogP) is 2.15. The molecule has 0 radical (unpaired) electrons. The number of hydrogen-bond acceptors (Lipinski definition) is 4. The number of nitrogens with zero attached hydrogens (tertiary/aromatic N) is 2. The minimum Gasteiger partial charge on any atom is -0.334 e. The monoisotopic (exact) mass is 215 g/mol. The van der Waals surface area contributed by atoms with Crippen LogP contribution in [0.5, 0.6) is 0 Å². The Balaban J connectivity index is 1.87. The molecule has 82 valence electrons. The summed E-state index contributed by atoms with van der Waals surface area (Å²) in [6.45, 7) is 0. The second kappa shape index (κ2) is 3.72. The van der Waals surface area contributed by atoms with Crippen molar-refractivity contribution in [1.82, 2.24) is 10.1 Å². The van der Waals surface area contributed by atoms with Gasteiger partial charge in [0.1, 0.15) is 0 Å². The molecule has 1 aliphatic carbocycles. The fraction of sp³-hybridized carbons (Fsp3) is 0.333. The lowest BCUT2D eigenvalue weighted by Crippen LogP contribution is -2.13. The van der Waals surface area contributed by atoms with Crippen molar-refractivity contribution in [3.63, 3.8) is 0 Å². The predicted molar refractivity (Wildman–Crippen MR) is 59.4 cm³/mol. The second-order valence-electron chi connectivity index (χ2n) is 4.19. The van der Waals surface area contributed by atoms with Crippen molar-refractivity contribution in [1.29, 1.82) is 0 Å². The zero-order valence-electron chi connectivity index (χ0n) is 8.84. The Morgan fingerprint density at radius 1 is 1.25 bits per heavy atom. The zero-order valence-corrected chi connectivity index (χ0v) is 8.84. The van der Waals surface area contributed by atoms with E-state index in [0.29, 0.717) is 17.6 Å². The molecule has 4 nitrogen and oxygen atoms in total. The van der Waals surface area contributed by atoms with E-state index in [0.717, 1.165) is 5.56 Å². The van der Waals surface area contributed by atoms with Crippen molar-refractivity contribution in [2.75, 3.05) is 0 Å². The quantitative estimate of drug-likeness (QED) is 0.851. The van der Waals surface area contributed by atoms with E-state index in [1.807, 2.05) is 30.3 Å². The third-order valence-electron chi connectivity index (χ3n) is 2.89. The number of rotatable bonds is 3. The summed E-state index contributed by atoms with van der Waals surface area (Å²) in [7, 11) is 0. The lowest BCUT2D eigenvalue weighted by atomic mass is 10.2. The van der Waals surface area contributed by atoms with Crippen molar-refractivity contribution in [2.24, 2.45) is 11.7 Å². The van der Waals surface area contributed by atoms with Crippen LogP contribution in [0.25, 0.3) is 11.5 Å². The van der Waals surface area contributed by atoms with Gasteiger partial charge in [0.05, 0.1) is 6.04 Å². The summed E-state index contributed by atoms with van der Waals surface area (Å²) < 4.78 is 5.21. The van der Waals surface area contributed by atoms with E-state index in [9.17, 15) is 0 Å². The third kappa shape index (κ3) is 1.72. The Hall–Kier alpha value is -1.68. The van der Waals surface area contributed by atoms with Crippen molar-refractivity contribution in [3.05, 3.63) is 36.2 Å². The molecule has 3 rings (SSSR count). The molecule has 0 amide bonds. The summed E-state index contributed by atoms with van der Waals surface area (Å²) in [6.07, 6.45) is 2.35. The van der Waals surface area contributed by atoms with Gasteiger partial charge in [-0.2, -0.15) is 4.98 Å². The van der Waals surface area contributed by atoms with Crippen LogP contribution in [0.2, 0.25) is 0 Å². The molecular weight excluding hydrogens is 202 g/mol. The average Bonchev–Trinajstić information content (AvgIpc) is 3.07. The molecule has 1 aliphatic rings. The van der Waals surface area contributed by atoms with E-state index in [-0.39, 0.29) is 6.04 Å². The summed E-state index contributed by atoms with van der Waals surface area (Å²) >= 11 is 0. The molecule has 0 bridgehead atoms. The number of benzene rings is 1. The van der Waals surface area contributed by atoms with Gasteiger partial charge in [0.15, 0.2) is 5.82 Å². The lowest BCUT2D eigenvalue weighted by Gasteiger charge is -2.01. The summed E-state index contributed by atoms with van der Waals surface area (Å²) in [5.74, 6) is 1.72. The first-order valence-corrected chi connectivity index (χ1v) is 5.49. The maximum atomic E-state index is 6.01. The van der Waals surface area contributed by atoms with Gasteiger partial charge in [0.2, 0.25) is 0 Å². The average molecular weight is 215 g/mol. The van der Waals surface area contributed by atoms with Gasteiger partial charge in [-0.3, -0.25) is 0 Å². The van der Waals surface area contributed by atoms with Gasteiger partial charge in [0, 0.05) is 5.56 Å². The molecule has 1 aromatic carbocycles. The van der Waals surface area contributed by atoms with Crippen LogP contribution in [-0.2, 0) is 0 Å². The number of nitrogens with two attached hydrogens (primary N) is 1. The molecule has 0 saturated heterocycles. The second-order valence-corrected chi connectivity index (χ2v) is 4.19. The third-order valence-corrected chi connectivity index (χ3v) is 2.89. The lowest BCUT2D eigenvalue weighted by molar-refractivity contribution is 0.411. The molecule has 1 saturated carbocycles. The Kier molecular flexibility index (Phi) is 2.22. The van der Waals surface area contributed by atoms with E-state index in [1.54, 1.807) is 0 Å². The highest BCUT2D eigenvalue weighted by Crippen LogP contribution is 2.38. The van der Waals surface area contributed by atoms with Gasteiger partial charge in [-0.25, -0.2) is 0 Å². The molecule has 4 heteroatoms. The molecule has 1 atom stereocenters. The standard InChI is InChI=1S/C12H13N3O/c13-10(8-6-7-8)11-14-12(16-15-11)9-4-2-1-3-5-9/h1-5,8,10H,6-7,13H2. The molecule has 1 unspecified atom stereocenters. The van der Waals surface area contributed by atoms with Gasteiger partial charge in [-0.05, 0) is 30.9 Å². The van der Waals surface area contributed by atoms with Gasteiger partial charge in [-0.1, -0.05) is 23.4 Å². The molecule has 16 heavy (non-hydrogen) atoms. The summed E-state index contributed by atoms with van der Waals surface area (Å²) in [5.41, 5.74) is 6.94. The Morgan fingerprint density at radius 2 is 2.00 bits per heavy atom. The molecule has 1 aromatic heterocycles. The van der Waals surface area contributed by atoms with Gasteiger partial charge in [-0.15, -0.1) is 0 Å². The van der Waals surface area contributed by atoms with E-state index >= 15 is 0 Å². The maximum absolute atomic E-state index is 6.01. The van der Waals surface area contributed by atoms with Gasteiger partial charge < -0.3 is 10.3 Å². The minimum atomic E-state index is -0.0683. The normalized spacial score (nSPS) is 17.3. The first kappa shape index (κ1) is 9.54. The Bertz CT molecular complexity index is 476. The number of aromatic nitrogens is 2. The van der Waals surface area contributed by atoms with Gasteiger partial charge in [0.25, 0.3) is 5.89 Å². The first-order valence-electron chi connectivity index (χ1n) is 5.49. The highest BCUT2D eigenvalue weighted by molar-refractivity contribution is 5.52. The van der Waals surface area contributed by atoms with E-state index < -0.39 is 0 Å². The minimum absolute atomic E-state index is 0.0683. The van der Waals surface area contributed by atoms with Crippen LogP contribution >= 0.6 is 0 Å². The molecule has 1 fully saturated rings. The Labute approximate surface area is 93.5 Å². The Morgan fingerprint density at radius 3 is 2.69 bits per heavy atom. The van der Waals surface area contributed by atoms with Crippen LogP contribution in [-0.4, -0.2) is 10.1 Å². The summed E-state index contributed by atoms with van der Waals surface area (Å²) in [5, 5.41) is 3.94. The van der Waals surface area contributed by atoms with Crippen LogP contribution < -0.4 is 5.73 Å². The fourth-order valence-electron chi connectivity index (χ4n) is 1.73. The summed E-state index contributed by atoms with van der Waals surface area (Å²) in [6, 6.07) is 9.66. The van der Waals surface area contributed by atoms with E-state index in [4.69, 9.17) is 10.3 Å². The van der Waals surface area contributed by atoms with E-state index in [2.05, 4.69) is 10.1 Å². The van der Waals surface area contributed by atoms with Crippen molar-refractivity contribution in [2.45, 2.75) is 18.9 Å². The van der Waals surface area contributed by atoms with Crippen molar-refractivity contribution in [3.8, 4) is 11.5 Å². The SMILES string of the molecule is NC(c1noc(-c2ccccc2)n1)C1CC1. The van der Waals surface area contributed by atoms with Gasteiger partial charge >= 0.3 is 0 Å². The topological polar surface area (TPSA) is 64.9 Å². The van der Waals surface area contributed by atoms with Crippen LogP contribution in [0.1, 0.15) is 24.7 Å². The molecule has 0 spiro atoms. The molecule has 2 N–H and O–H groups in total. The van der Waals surface area contributed by atoms with Crippen LogP contribution in [0, 0.1) is 5.92 Å². The highest BCUT2D eigenvalue weighted by atomic mass is 16.5. The first-order chi connectivity index (χ1) is 7.84. The molecule has 2 aromatic rings. The molecule has 0 aliphatic heterocycles. The van der Waals surface area contributed by atoms with E-state index in [1.165, 1.54) is 12.8 Å². The summed E-state index contributed by atoms with van der Waals surface area (Å²) in [4.78, 5) is 4.34. The van der Waals surface area contributed by atoms with Crippen LogP contribution in [0.15, 0.2) is 34.9 Å². The maximum Gasteiger partial charge on any atom is 0.257 e. The zero-order chi connectivity index (χ0) is 11.0.